The van der Waals surface area contributed by atoms with E-state index in [1.165, 1.54) is 17.6 Å². The SMILES string of the molecule is Cc1c(F)cc2nc3c(c4c2c1CC[C@@H]4NC(=O)C1CC(OCNC(=O)CNC(=O)[C@H](CCC(=O)O)NC(=O)CNC(=O)CBr)C1)Cn1c-3cc2c(c1=O)COC(=O)[C@@]2(C)O. The number of hydrogen-bond donors (Lipinski definition) is 7. The van der Waals surface area contributed by atoms with E-state index in [9.17, 15) is 43.5 Å². The van der Waals surface area contributed by atoms with E-state index < -0.39 is 90.1 Å². The minimum absolute atomic E-state index is 0.0435. The van der Waals surface area contributed by atoms with Crippen molar-refractivity contribution in [1.82, 2.24) is 36.1 Å². The Morgan fingerprint density at radius 1 is 1.05 bits per heavy atom. The molecule has 3 atom stereocenters. The average Bonchev–Trinajstić information content (AvgIpc) is 3.57. The van der Waals surface area contributed by atoms with E-state index in [1.54, 1.807) is 13.0 Å². The van der Waals surface area contributed by atoms with Crippen molar-refractivity contribution in [2.24, 2.45) is 5.92 Å². The fourth-order valence-corrected chi connectivity index (χ4v) is 8.46. The van der Waals surface area contributed by atoms with Gasteiger partial charge in [0.1, 0.15) is 25.2 Å². The first-order chi connectivity index (χ1) is 29.0. The molecular formula is C40H43BrFN7O12. The third-order valence-corrected chi connectivity index (χ3v) is 12.2. The van der Waals surface area contributed by atoms with Crippen molar-refractivity contribution < 1.29 is 57.6 Å². The third-order valence-electron chi connectivity index (χ3n) is 11.7. The summed E-state index contributed by atoms with van der Waals surface area (Å²) >= 11 is 2.94. The molecule has 7 N–H and O–H groups in total. The van der Waals surface area contributed by atoms with Crippen LogP contribution < -0.4 is 32.1 Å². The number of carbonyl (C=O) groups is 7. The number of benzene rings is 1. The van der Waals surface area contributed by atoms with Crippen LogP contribution in [0.15, 0.2) is 16.9 Å². The first-order valence-electron chi connectivity index (χ1n) is 19.6. The minimum atomic E-state index is -2.07. The number of cyclic esters (lactones) is 1. The van der Waals surface area contributed by atoms with Gasteiger partial charge in [0.05, 0.1) is 59.6 Å². The number of carbonyl (C=O) groups excluding carboxylic acids is 6. The van der Waals surface area contributed by atoms with Crippen molar-refractivity contribution in [1.29, 1.82) is 0 Å². The van der Waals surface area contributed by atoms with E-state index in [2.05, 4.69) is 42.5 Å². The lowest BCUT2D eigenvalue weighted by molar-refractivity contribution is -0.169. The van der Waals surface area contributed by atoms with E-state index in [1.807, 2.05) is 0 Å². The molecule has 2 aromatic heterocycles. The highest BCUT2D eigenvalue weighted by Crippen LogP contribution is 2.46. The largest absolute Gasteiger partial charge is 0.481 e. The number of fused-ring (bicyclic) bond motifs is 5. The standard InChI is InChI=1S/C40H43BrFN7O12/c1-17-20-3-4-25(34-21-14-49-28(35(21)47-27(33(20)34)10-24(17)42)9-23-22(38(49)57)15-60-39(58)40(23,2)59)48-36(55)18-7-19(8-18)61-16-45-30(51)12-44-37(56)26(5-6-32(53)54)46-31(52)13-43-29(50)11-41/h9-10,18-19,25-26,59H,3-8,11-16H2,1-2H3,(H,43,50)(H,44,56)(H,45,51)(H,46,52)(H,48,55)(H,53,54)/t18?,19?,25-,26-,40-/m0/s1. The van der Waals surface area contributed by atoms with Crippen LogP contribution in [0, 0.1) is 18.7 Å². The van der Waals surface area contributed by atoms with Gasteiger partial charge in [-0.25, -0.2) is 14.2 Å². The molecule has 5 amide bonds. The van der Waals surface area contributed by atoms with Crippen molar-refractivity contribution in [2.75, 3.05) is 25.2 Å². The fraction of sp³-hybridized carbons (Fsp3) is 0.475. The smallest absolute Gasteiger partial charge is 0.342 e. The van der Waals surface area contributed by atoms with Crippen LogP contribution in [0.4, 0.5) is 4.39 Å². The zero-order valence-electron chi connectivity index (χ0n) is 33.1. The molecule has 0 bridgehead atoms. The van der Waals surface area contributed by atoms with Gasteiger partial charge in [-0.3, -0.25) is 33.6 Å². The molecule has 21 heteroatoms. The van der Waals surface area contributed by atoms with Crippen molar-refractivity contribution in [3.05, 3.63) is 61.7 Å². The van der Waals surface area contributed by atoms with Gasteiger partial charge in [0.25, 0.3) is 5.56 Å². The van der Waals surface area contributed by atoms with E-state index in [0.29, 0.717) is 59.1 Å². The second-order valence-corrected chi connectivity index (χ2v) is 16.2. The number of alkyl halides is 1. The van der Waals surface area contributed by atoms with Gasteiger partial charge in [0, 0.05) is 34.9 Å². The number of pyridine rings is 2. The molecule has 1 fully saturated rings. The summed E-state index contributed by atoms with van der Waals surface area (Å²) in [6, 6.07) is 1.11. The van der Waals surface area contributed by atoms with Crippen molar-refractivity contribution >= 4 is 68.3 Å². The van der Waals surface area contributed by atoms with Gasteiger partial charge in [-0.1, -0.05) is 15.9 Å². The lowest BCUT2D eigenvalue weighted by atomic mass is 9.79. The summed E-state index contributed by atoms with van der Waals surface area (Å²) in [5.41, 5.74) is 1.50. The molecule has 0 unspecified atom stereocenters. The van der Waals surface area contributed by atoms with Gasteiger partial charge in [0.15, 0.2) is 5.60 Å². The topological polar surface area (TPSA) is 273 Å². The molecule has 1 saturated carbocycles. The Balaban J connectivity index is 0.959. The summed E-state index contributed by atoms with van der Waals surface area (Å²) < 4.78 is 27.6. The number of aliphatic carboxylic acids is 1. The molecule has 324 valence electrons. The number of halogens is 2. The first kappa shape index (κ1) is 43.3. The number of hydrogen-bond acceptors (Lipinski definition) is 12. The van der Waals surface area contributed by atoms with Crippen LogP contribution in [0.3, 0.4) is 0 Å². The maximum absolute atomic E-state index is 15.3. The Hall–Kier alpha value is -5.80. The lowest BCUT2D eigenvalue weighted by Crippen LogP contribution is -2.51. The zero-order valence-corrected chi connectivity index (χ0v) is 34.7. The molecule has 3 aromatic rings. The van der Waals surface area contributed by atoms with Crippen LogP contribution in [0.1, 0.15) is 78.5 Å². The summed E-state index contributed by atoms with van der Waals surface area (Å²) in [4.78, 5) is 105. The maximum atomic E-state index is 15.3. The highest BCUT2D eigenvalue weighted by molar-refractivity contribution is 9.09. The molecule has 2 aliphatic carbocycles. The Labute approximate surface area is 354 Å². The Bertz CT molecular complexity index is 2450. The summed E-state index contributed by atoms with van der Waals surface area (Å²) in [7, 11) is 0. The summed E-state index contributed by atoms with van der Waals surface area (Å²) in [5, 5.41) is 33.4. The quantitative estimate of drug-likeness (QED) is 0.0474. The number of carboxylic acids is 1. The van der Waals surface area contributed by atoms with Gasteiger partial charge in [-0.2, -0.15) is 0 Å². The van der Waals surface area contributed by atoms with Crippen LogP contribution >= 0.6 is 15.9 Å². The monoisotopic (exact) mass is 911 g/mol. The summed E-state index contributed by atoms with van der Waals surface area (Å²) in [6.45, 7) is 1.59. The number of aryl methyl sites for hydroxylation is 1. The molecule has 2 aliphatic heterocycles. The van der Waals surface area contributed by atoms with E-state index >= 15 is 4.39 Å². The van der Waals surface area contributed by atoms with Gasteiger partial charge in [-0.05, 0) is 68.7 Å². The summed E-state index contributed by atoms with van der Waals surface area (Å²) in [5.74, 6) is -5.80. The lowest BCUT2D eigenvalue weighted by Gasteiger charge is -2.36. The third kappa shape index (κ3) is 8.58. The number of aromatic nitrogens is 2. The number of amides is 5. The fourth-order valence-electron chi connectivity index (χ4n) is 8.26. The van der Waals surface area contributed by atoms with Gasteiger partial charge < -0.3 is 50.8 Å². The Kier molecular flexibility index (Phi) is 12.3. The normalized spacial score (nSPS) is 21.1. The van der Waals surface area contributed by atoms with E-state index in [-0.39, 0.29) is 54.8 Å². The Morgan fingerprint density at radius 2 is 1.79 bits per heavy atom. The maximum Gasteiger partial charge on any atom is 0.342 e. The molecule has 61 heavy (non-hydrogen) atoms. The van der Waals surface area contributed by atoms with Crippen LogP contribution in [0.2, 0.25) is 0 Å². The molecule has 4 aliphatic rings. The Morgan fingerprint density at radius 3 is 2.51 bits per heavy atom. The molecule has 1 aromatic carbocycles. The number of nitrogens with zero attached hydrogens (tertiary/aromatic N) is 2. The molecular weight excluding hydrogens is 869 g/mol. The average molecular weight is 913 g/mol. The van der Waals surface area contributed by atoms with Crippen LogP contribution in [-0.4, -0.2) is 98.5 Å². The number of ether oxygens (including phenoxy) is 2. The van der Waals surface area contributed by atoms with E-state index in [4.69, 9.17) is 19.6 Å². The predicted molar refractivity (Wildman–Crippen MR) is 213 cm³/mol. The molecule has 4 heterocycles. The van der Waals surface area contributed by atoms with Crippen molar-refractivity contribution in [3.63, 3.8) is 0 Å². The van der Waals surface area contributed by atoms with Crippen LogP contribution in [0.5, 0.6) is 0 Å². The predicted octanol–water partition coefficient (Wildman–Crippen LogP) is 0.0863. The molecule has 7 rings (SSSR count). The van der Waals surface area contributed by atoms with Gasteiger partial charge in [-0.15, -0.1) is 0 Å². The number of carboxylic acid groups (broad SMARTS) is 1. The van der Waals surface area contributed by atoms with Crippen molar-refractivity contribution in [2.45, 2.75) is 89.3 Å². The second-order valence-electron chi connectivity index (χ2n) is 15.7. The number of aliphatic hydroxyl groups is 1. The van der Waals surface area contributed by atoms with Gasteiger partial charge in [0.2, 0.25) is 29.5 Å². The zero-order chi connectivity index (χ0) is 43.9. The van der Waals surface area contributed by atoms with Gasteiger partial charge >= 0.3 is 11.9 Å². The number of esters is 1. The second kappa shape index (κ2) is 17.3. The molecule has 0 radical (unpaired) electrons. The first-order valence-corrected chi connectivity index (χ1v) is 20.7. The molecule has 0 saturated heterocycles. The van der Waals surface area contributed by atoms with Crippen LogP contribution in [0.25, 0.3) is 22.3 Å². The number of rotatable bonds is 15. The highest BCUT2D eigenvalue weighted by Gasteiger charge is 2.44. The van der Waals surface area contributed by atoms with Crippen molar-refractivity contribution in [3.8, 4) is 11.4 Å². The molecule has 0 spiro atoms. The molecule has 19 nitrogen and oxygen atoms in total. The minimum Gasteiger partial charge on any atom is -0.481 e. The number of nitrogens with one attached hydrogen (secondary N) is 5. The highest BCUT2D eigenvalue weighted by atomic mass is 79.9. The summed E-state index contributed by atoms with van der Waals surface area (Å²) in [6.07, 6.45) is 0.558. The van der Waals surface area contributed by atoms with Crippen LogP contribution in [-0.2, 0) is 68.2 Å². The van der Waals surface area contributed by atoms with E-state index in [0.717, 1.165) is 11.1 Å².